The number of hydrogen-bond donors (Lipinski definition) is 1. The maximum atomic E-state index is 9.98. The van der Waals surface area contributed by atoms with Crippen LogP contribution in [0.3, 0.4) is 0 Å². The first-order chi connectivity index (χ1) is 9.25. The number of allylic oxidation sites excluding steroid dienone is 2. The van der Waals surface area contributed by atoms with Gasteiger partial charge in [0.15, 0.2) is 0 Å². The lowest BCUT2D eigenvalue weighted by Crippen LogP contribution is -2.28. The lowest BCUT2D eigenvalue weighted by molar-refractivity contribution is 0.166. The second kappa shape index (κ2) is 7.27. The third-order valence-electron chi connectivity index (χ3n) is 3.72. The second-order valence-corrected chi connectivity index (χ2v) is 5.23. The molecule has 1 N–H and O–H groups in total. The molecule has 1 heterocycles. The summed E-state index contributed by atoms with van der Waals surface area (Å²) >= 11 is 0. The van der Waals surface area contributed by atoms with Crippen LogP contribution in [-0.4, -0.2) is 35.7 Å². The standard InChI is InChI=1S/C17H23NO/c1-18-13-7-11-16(18)14-17(19)12-6-5-10-15-8-3-2-4-9-15/h2-6,8-10,12,16-17,19H,7,11,13-14H2,1H3/t16-,17+/m1/s1. The molecule has 2 heteroatoms. The van der Waals surface area contributed by atoms with E-state index in [1.54, 1.807) is 0 Å². The van der Waals surface area contributed by atoms with Gasteiger partial charge in [0.1, 0.15) is 0 Å². The van der Waals surface area contributed by atoms with Crippen LogP contribution >= 0.6 is 0 Å². The maximum Gasteiger partial charge on any atom is 0.0738 e. The summed E-state index contributed by atoms with van der Waals surface area (Å²) in [4.78, 5) is 2.34. The quantitative estimate of drug-likeness (QED) is 0.819. The van der Waals surface area contributed by atoms with E-state index >= 15 is 0 Å². The van der Waals surface area contributed by atoms with Crippen LogP contribution in [0.2, 0.25) is 0 Å². The first kappa shape index (κ1) is 14.0. The van der Waals surface area contributed by atoms with Gasteiger partial charge in [-0.3, -0.25) is 0 Å². The van der Waals surface area contributed by atoms with Crippen molar-refractivity contribution >= 4 is 6.08 Å². The van der Waals surface area contributed by atoms with Crippen molar-refractivity contribution in [3.63, 3.8) is 0 Å². The van der Waals surface area contributed by atoms with Gasteiger partial charge in [0.2, 0.25) is 0 Å². The first-order valence-electron chi connectivity index (χ1n) is 7.04. The van der Waals surface area contributed by atoms with Crippen molar-refractivity contribution in [1.29, 1.82) is 0 Å². The number of likely N-dealkylation sites (tertiary alicyclic amines) is 1. The number of hydrogen-bond acceptors (Lipinski definition) is 2. The molecule has 1 aromatic carbocycles. The predicted octanol–water partition coefficient (Wildman–Crippen LogP) is 3.10. The normalized spacial score (nSPS) is 22.5. The number of rotatable bonds is 5. The molecule has 0 saturated carbocycles. The summed E-state index contributed by atoms with van der Waals surface area (Å²) in [5.74, 6) is 0. The largest absolute Gasteiger partial charge is 0.389 e. The van der Waals surface area contributed by atoms with Gasteiger partial charge in [-0.1, -0.05) is 54.6 Å². The Kier molecular flexibility index (Phi) is 5.37. The lowest BCUT2D eigenvalue weighted by Gasteiger charge is -2.20. The average Bonchev–Trinajstić information content (AvgIpc) is 2.82. The SMILES string of the molecule is CN1CCC[C@@H]1C[C@@H](O)C=CC=Cc1ccccc1. The molecule has 1 saturated heterocycles. The summed E-state index contributed by atoms with van der Waals surface area (Å²) < 4.78 is 0. The van der Waals surface area contributed by atoms with Crippen LogP contribution in [0.25, 0.3) is 6.08 Å². The molecule has 1 aliphatic rings. The highest BCUT2D eigenvalue weighted by atomic mass is 16.3. The highest BCUT2D eigenvalue weighted by Crippen LogP contribution is 2.19. The van der Waals surface area contributed by atoms with E-state index in [1.165, 1.54) is 18.4 Å². The molecular weight excluding hydrogens is 234 g/mol. The Morgan fingerprint density at radius 3 is 2.79 bits per heavy atom. The van der Waals surface area contributed by atoms with E-state index in [4.69, 9.17) is 0 Å². The van der Waals surface area contributed by atoms with Crippen LogP contribution in [0.4, 0.5) is 0 Å². The minimum Gasteiger partial charge on any atom is -0.389 e. The zero-order valence-electron chi connectivity index (χ0n) is 11.6. The molecule has 0 aromatic heterocycles. The zero-order valence-corrected chi connectivity index (χ0v) is 11.6. The van der Waals surface area contributed by atoms with Gasteiger partial charge >= 0.3 is 0 Å². The summed E-state index contributed by atoms with van der Waals surface area (Å²) in [6.45, 7) is 1.16. The molecule has 0 amide bonds. The van der Waals surface area contributed by atoms with Crippen molar-refractivity contribution in [3.05, 3.63) is 54.1 Å². The highest BCUT2D eigenvalue weighted by molar-refractivity contribution is 5.50. The molecule has 1 aromatic rings. The van der Waals surface area contributed by atoms with Crippen LogP contribution in [0.15, 0.2) is 48.6 Å². The summed E-state index contributed by atoms with van der Waals surface area (Å²) in [7, 11) is 2.14. The molecule has 19 heavy (non-hydrogen) atoms. The number of benzene rings is 1. The molecule has 1 fully saturated rings. The lowest BCUT2D eigenvalue weighted by atomic mass is 10.1. The van der Waals surface area contributed by atoms with E-state index in [0.717, 1.165) is 13.0 Å². The number of aliphatic hydroxyl groups excluding tert-OH is 1. The van der Waals surface area contributed by atoms with Gasteiger partial charge in [-0.15, -0.1) is 0 Å². The molecule has 0 unspecified atom stereocenters. The maximum absolute atomic E-state index is 9.98. The van der Waals surface area contributed by atoms with E-state index in [0.29, 0.717) is 6.04 Å². The van der Waals surface area contributed by atoms with E-state index in [2.05, 4.69) is 24.1 Å². The number of nitrogens with zero attached hydrogens (tertiary/aromatic N) is 1. The van der Waals surface area contributed by atoms with E-state index in [1.807, 2.05) is 42.5 Å². The minimum atomic E-state index is -0.342. The van der Waals surface area contributed by atoms with Crippen molar-refractivity contribution in [1.82, 2.24) is 4.90 Å². The number of aliphatic hydroxyl groups is 1. The van der Waals surface area contributed by atoms with Crippen LogP contribution in [0.1, 0.15) is 24.8 Å². The van der Waals surface area contributed by atoms with Crippen LogP contribution in [0, 0.1) is 0 Å². The van der Waals surface area contributed by atoms with Crippen molar-refractivity contribution in [2.45, 2.75) is 31.4 Å². The summed E-state index contributed by atoms with van der Waals surface area (Å²) in [6, 6.07) is 10.7. The van der Waals surface area contributed by atoms with Gasteiger partial charge in [0.25, 0.3) is 0 Å². The molecule has 0 radical (unpaired) electrons. The monoisotopic (exact) mass is 257 g/mol. The Balaban J connectivity index is 1.77. The van der Waals surface area contributed by atoms with Crippen molar-refractivity contribution in [2.75, 3.05) is 13.6 Å². The fourth-order valence-electron chi connectivity index (χ4n) is 2.56. The Labute approximate surface area is 116 Å². The highest BCUT2D eigenvalue weighted by Gasteiger charge is 2.22. The molecule has 0 spiro atoms. The smallest absolute Gasteiger partial charge is 0.0738 e. The summed E-state index contributed by atoms with van der Waals surface area (Å²) in [6.07, 6.45) is 10.8. The molecular formula is C17H23NO. The summed E-state index contributed by atoms with van der Waals surface area (Å²) in [5.41, 5.74) is 1.18. The Morgan fingerprint density at radius 1 is 1.32 bits per heavy atom. The third-order valence-corrected chi connectivity index (χ3v) is 3.72. The molecule has 0 aliphatic carbocycles. The average molecular weight is 257 g/mol. The fourth-order valence-corrected chi connectivity index (χ4v) is 2.56. The topological polar surface area (TPSA) is 23.5 Å². The van der Waals surface area contributed by atoms with Crippen molar-refractivity contribution < 1.29 is 5.11 Å². The van der Waals surface area contributed by atoms with E-state index in [-0.39, 0.29) is 6.10 Å². The van der Waals surface area contributed by atoms with E-state index < -0.39 is 0 Å². The molecule has 2 rings (SSSR count). The molecule has 1 aliphatic heterocycles. The summed E-state index contributed by atoms with van der Waals surface area (Å²) in [5, 5.41) is 9.98. The van der Waals surface area contributed by atoms with E-state index in [9.17, 15) is 5.11 Å². The Morgan fingerprint density at radius 2 is 2.11 bits per heavy atom. The molecule has 102 valence electrons. The fraction of sp³-hybridized carbons (Fsp3) is 0.412. The second-order valence-electron chi connectivity index (χ2n) is 5.23. The predicted molar refractivity (Wildman–Crippen MR) is 80.9 cm³/mol. The van der Waals surface area contributed by atoms with Gasteiger partial charge in [-0.05, 0) is 38.4 Å². The van der Waals surface area contributed by atoms with Crippen LogP contribution < -0.4 is 0 Å². The van der Waals surface area contributed by atoms with Gasteiger partial charge < -0.3 is 10.0 Å². The van der Waals surface area contributed by atoms with Gasteiger partial charge in [0.05, 0.1) is 6.10 Å². The van der Waals surface area contributed by atoms with Gasteiger partial charge in [-0.25, -0.2) is 0 Å². The Hall–Kier alpha value is -1.38. The van der Waals surface area contributed by atoms with Crippen LogP contribution in [-0.2, 0) is 0 Å². The third kappa shape index (κ3) is 4.66. The van der Waals surface area contributed by atoms with Crippen LogP contribution in [0.5, 0.6) is 0 Å². The van der Waals surface area contributed by atoms with Gasteiger partial charge in [0, 0.05) is 6.04 Å². The molecule has 2 atom stereocenters. The minimum absolute atomic E-state index is 0.342. The van der Waals surface area contributed by atoms with Gasteiger partial charge in [-0.2, -0.15) is 0 Å². The van der Waals surface area contributed by atoms with Crippen molar-refractivity contribution in [2.24, 2.45) is 0 Å². The Bertz CT molecular complexity index is 424. The zero-order chi connectivity index (χ0) is 13.5. The molecule has 0 bridgehead atoms. The van der Waals surface area contributed by atoms with Crippen molar-refractivity contribution in [3.8, 4) is 0 Å². The molecule has 2 nitrogen and oxygen atoms in total. The first-order valence-corrected chi connectivity index (χ1v) is 7.04.